The van der Waals surface area contributed by atoms with E-state index in [1.54, 1.807) is 25.4 Å². The Labute approximate surface area is 120 Å². The Morgan fingerprint density at radius 2 is 2.10 bits per heavy atom. The summed E-state index contributed by atoms with van der Waals surface area (Å²) in [5, 5.41) is 3.76. The molecule has 1 aromatic carbocycles. The largest absolute Gasteiger partial charge is 0.437 e. The highest BCUT2D eigenvalue weighted by Crippen LogP contribution is 2.25. The van der Waals surface area contributed by atoms with E-state index in [0.29, 0.717) is 23.0 Å². The van der Waals surface area contributed by atoms with Crippen molar-refractivity contribution in [2.45, 2.75) is 6.92 Å². The Balaban J connectivity index is 1.99. The summed E-state index contributed by atoms with van der Waals surface area (Å²) in [6.45, 7) is 1.86. The third-order valence-corrected chi connectivity index (χ3v) is 3.01. The Morgan fingerprint density at radius 1 is 1.24 bits per heavy atom. The van der Waals surface area contributed by atoms with Crippen LogP contribution in [0.2, 0.25) is 0 Å². The SMILES string of the molecule is CNc1cncc(Oc2ccc3c(C)cc(=O)oc3c2)n1. The van der Waals surface area contributed by atoms with E-state index in [2.05, 4.69) is 15.3 Å². The maximum Gasteiger partial charge on any atom is 0.336 e. The first-order valence-corrected chi connectivity index (χ1v) is 6.38. The molecule has 0 aliphatic carbocycles. The van der Waals surface area contributed by atoms with E-state index in [-0.39, 0.29) is 5.63 Å². The summed E-state index contributed by atoms with van der Waals surface area (Å²) in [4.78, 5) is 19.7. The van der Waals surface area contributed by atoms with Crippen molar-refractivity contribution in [3.8, 4) is 11.6 Å². The van der Waals surface area contributed by atoms with E-state index in [4.69, 9.17) is 9.15 Å². The molecule has 21 heavy (non-hydrogen) atoms. The smallest absolute Gasteiger partial charge is 0.336 e. The molecule has 0 unspecified atom stereocenters. The van der Waals surface area contributed by atoms with Crippen molar-refractivity contribution >= 4 is 16.8 Å². The van der Waals surface area contributed by atoms with Crippen molar-refractivity contribution < 1.29 is 9.15 Å². The quantitative estimate of drug-likeness (QED) is 0.745. The molecule has 106 valence electrons. The molecule has 0 radical (unpaired) electrons. The number of anilines is 1. The maximum absolute atomic E-state index is 11.4. The molecule has 2 aromatic heterocycles. The fourth-order valence-electron chi connectivity index (χ4n) is 2.01. The molecule has 1 N–H and O–H groups in total. The van der Waals surface area contributed by atoms with E-state index in [9.17, 15) is 4.79 Å². The van der Waals surface area contributed by atoms with Crippen molar-refractivity contribution in [2.75, 3.05) is 12.4 Å². The standard InChI is InChI=1S/C15H13N3O3/c1-9-5-15(19)21-12-6-10(3-4-11(9)12)20-14-8-17-7-13(16-2)18-14/h3-8H,1-2H3,(H,16,18). The summed E-state index contributed by atoms with van der Waals surface area (Å²) < 4.78 is 10.8. The van der Waals surface area contributed by atoms with Gasteiger partial charge in [-0.15, -0.1) is 0 Å². The molecule has 0 bridgehead atoms. The Morgan fingerprint density at radius 3 is 2.90 bits per heavy atom. The number of aromatic nitrogens is 2. The number of hydrogen-bond acceptors (Lipinski definition) is 6. The minimum atomic E-state index is -0.380. The van der Waals surface area contributed by atoms with E-state index in [0.717, 1.165) is 10.9 Å². The van der Waals surface area contributed by atoms with Gasteiger partial charge in [0.1, 0.15) is 17.2 Å². The second kappa shape index (κ2) is 5.24. The van der Waals surface area contributed by atoms with Crippen LogP contribution in [0.5, 0.6) is 11.6 Å². The first kappa shape index (κ1) is 13.1. The van der Waals surface area contributed by atoms with Gasteiger partial charge < -0.3 is 14.5 Å². The first-order chi connectivity index (χ1) is 10.2. The van der Waals surface area contributed by atoms with E-state index < -0.39 is 0 Å². The fourth-order valence-corrected chi connectivity index (χ4v) is 2.01. The maximum atomic E-state index is 11.4. The number of ether oxygens (including phenoxy) is 1. The summed E-state index contributed by atoms with van der Waals surface area (Å²) in [7, 11) is 1.75. The topological polar surface area (TPSA) is 77.3 Å². The average Bonchev–Trinajstić information content (AvgIpc) is 2.47. The van der Waals surface area contributed by atoms with Gasteiger partial charge in [-0.2, -0.15) is 4.98 Å². The minimum absolute atomic E-state index is 0.358. The molecule has 0 fully saturated rings. The predicted molar refractivity (Wildman–Crippen MR) is 78.9 cm³/mol. The van der Waals surface area contributed by atoms with Crippen LogP contribution >= 0.6 is 0 Å². The normalized spacial score (nSPS) is 10.6. The van der Waals surface area contributed by atoms with E-state index in [1.807, 2.05) is 13.0 Å². The predicted octanol–water partition coefficient (Wildman–Crippen LogP) is 2.73. The van der Waals surface area contributed by atoms with Crippen LogP contribution in [-0.2, 0) is 0 Å². The van der Waals surface area contributed by atoms with Gasteiger partial charge in [0, 0.05) is 24.6 Å². The van der Waals surface area contributed by atoms with Gasteiger partial charge >= 0.3 is 5.63 Å². The van der Waals surface area contributed by atoms with E-state index >= 15 is 0 Å². The summed E-state index contributed by atoms with van der Waals surface area (Å²) in [5.41, 5.74) is 0.967. The number of benzene rings is 1. The Kier molecular flexibility index (Phi) is 3.27. The molecule has 0 atom stereocenters. The van der Waals surface area contributed by atoms with Crippen LogP contribution in [0.4, 0.5) is 5.82 Å². The van der Waals surface area contributed by atoms with Gasteiger partial charge in [0.2, 0.25) is 5.88 Å². The van der Waals surface area contributed by atoms with Crippen LogP contribution < -0.4 is 15.7 Å². The zero-order valence-corrected chi connectivity index (χ0v) is 11.6. The number of nitrogens with zero attached hydrogens (tertiary/aromatic N) is 2. The van der Waals surface area contributed by atoms with Crippen molar-refractivity contribution in [1.29, 1.82) is 0 Å². The Hall–Kier alpha value is -2.89. The van der Waals surface area contributed by atoms with Gasteiger partial charge in [-0.05, 0) is 24.6 Å². The lowest BCUT2D eigenvalue weighted by Gasteiger charge is -2.07. The molecule has 0 saturated carbocycles. The lowest BCUT2D eigenvalue weighted by Crippen LogP contribution is -1.98. The molecule has 0 spiro atoms. The van der Waals surface area contributed by atoms with Gasteiger partial charge in [0.15, 0.2) is 0 Å². The molecule has 6 heteroatoms. The molecule has 0 saturated heterocycles. The van der Waals surface area contributed by atoms with Gasteiger partial charge in [0.05, 0.1) is 12.4 Å². The molecule has 2 heterocycles. The summed E-state index contributed by atoms with van der Waals surface area (Å²) in [5.74, 6) is 1.49. The van der Waals surface area contributed by atoms with Crippen LogP contribution in [0.1, 0.15) is 5.56 Å². The number of rotatable bonds is 3. The lowest BCUT2D eigenvalue weighted by molar-refractivity contribution is 0.459. The van der Waals surface area contributed by atoms with Crippen LogP contribution in [0.15, 0.2) is 45.9 Å². The van der Waals surface area contributed by atoms with Crippen molar-refractivity contribution in [3.63, 3.8) is 0 Å². The lowest BCUT2D eigenvalue weighted by atomic mass is 10.1. The second-order valence-corrected chi connectivity index (χ2v) is 4.50. The summed E-state index contributed by atoms with van der Waals surface area (Å²) in [6.07, 6.45) is 3.10. The van der Waals surface area contributed by atoms with Gasteiger partial charge in [-0.25, -0.2) is 4.79 Å². The number of nitrogens with one attached hydrogen (secondary N) is 1. The zero-order chi connectivity index (χ0) is 14.8. The van der Waals surface area contributed by atoms with Crippen LogP contribution in [0.3, 0.4) is 0 Å². The highest BCUT2D eigenvalue weighted by Gasteiger charge is 2.06. The molecular formula is C15H13N3O3. The number of hydrogen-bond donors (Lipinski definition) is 1. The van der Waals surface area contributed by atoms with Crippen LogP contribution in [0, 0.1) is 6.92 Å². The average molecular weight is 283 g/mol. The third kappa shape index (κ3) is 2.69. The molecular weight excluding hydrogens is 270 g/mol. The van der Waals surface area contributed by atoms with Crippen molar-refractivity contribution in [1.82, 2.24) is 9.97 Å². The molecule has 3 aromatic rings. The summed E-state index contributed by atoms with van der Waals surface area (Å²) in [6, 6.07) is 6.77. The van der Waals surface area contributed by atoms with E-state index in [1.165, 1.54) is 12.3 Å². The summed E-state index contributed by atoms with van der Waals surface area (Å²) >= 11 is 0. The van der Waals surface area contributed by atoms with Gasteiger partial charge in [-0.3, -0.25) is 4.98 Å². The minimum Gasteiger partial charge on any atom is -0.437 e. The molecule has 6 nitrogen and oxygen atoms in total. The van der Waals surface area contributed by atoms with Crippen molar-refractivity contribution in [3.05, 3.63) is 52.6 Å². The molecule has 0 amide bonds. The Bertz CT molecular complexity index is 858. The molecule has 0 aliphatic rings. The highest BCUT2D eigenvalue weighted by atomic mass is 16.5. The second-order valence-electron chi connectivity index (χ2n) is 4.50. The monoisotopic (exact) mass is 283 g/mol. The molecule has 3 rings (SSSR count). The van der Waals surface area contributed by atoms with Gasteiger partial charge in [0.25, 0.3) is 0 Å². The first-order valence-electron chi connectivity index (χ1n) is 6.38. The zero-order valence-electron chi connectivity index (χ0n) is 11.6. The highest BCUT2D eigenvalue weighted by molar-refractivity contribution is 5.81. The molecule has 0 aliphatic heterocycles. The van der Waals surface area contributed by atoms with Crippen LogP contribution in [-0.4, -0.2) is 17.0 Å². The fraction of sp³-hybridized carbons (Fsp3) is 0.133. The number of fused-ring (bicyclic) bond motifs is 1. The van der Waals surface area contributed by atoms with Crippen molar-refractivity contribution in [2.24, 2.45) is 0 Å². The van der Waals surface area contributed by atoms with Gasteiger partial charge in [-0.1, -0.05) is 0 Å². The third-order valence-electron chi connectivity index (χ3n) is 3.01. The number of aryl methyl sites for hydroxylation is 1. The van der Waals surface area contributed by atoms with Crippen LogP contribution in [0.25, 0.3) is 11.0 Å².